The van der Waals surface area contributed by atoms with Crippen molar-refractivity contribution in [1.82, 2.24) is 10.2 Å². The molecule has 0 bridgehead atoms. The average Bonchev–Trinajstić information content (AvgIpc) is 2.35. The molecule has 1 aromatic carbocycles. The van der Waals surface area contributed by atoms with Crippen molar-refractivity contribution in [3.8, 4) is 0 Å². The Morgan fingerprint density at radius 1 is 1.45 bits per heavy atom. The molecular formula is C12H15F3N4O. The van der Waals surface area contributed by atoms with E-state index in [-0.39, 0.29) is 12.4 Å². The van der Waals surface area contributed by atoms with E-state index in [4.69, 9.17) is 11.1 Å². The number of amidine groups is 1. The van der Waals surface area contributed by atoms with Gasteiger partial charge in [0.05, 0.1) is 0 Å². The van der Waals surface area contributed by atoms with E-state index in [1.807, 2.05) is 0 Å². The lowest BCUT2D eigenvalue weighted by Crippen LogP contribution is -2.41. The van der Waals surface area contributed by atoms with Gasteiger partial charge in [0.2, 0.25) is 0 Å². The number of nitrogen functional groups attached to an aromatic ring is 1. The minimum Gasteiger partial charge on any atom is -0.384 e. The Morgan fingerprint density at radius 3 is 2.65 bits per heavy atom. The number of rotatable bonds is 4. The van der Waals surface area contributed by atoms with Crippen molar-refractivity contribution in [2.24, 2.45) is 5.73 Å². The smallest absolute Gasteiger partial charge is 0.384 e. The van der Waals surface area contributed by atoms with Crippen molar-refractivity contribution >= 4 is 11.9 Å². The number of carbonyl (C=O) groups is 1. The Bertz CT molecular complexity index is 502. The number of alkyl halides is 3. The summed E-state index contributed by atoms with van der Waals surface area (Å²) in [6, 6.07) is 5.77. The summed E-state index contributed by atoms with van der Waals surface area (Å²) in [5.74, 6) is -0.115. The quantitative estimate of drug-likeness (QED) is 0.582. The number of hydrogen-bond acceptors (Lipinski definition) is 2. The molecule has 8 heteroatoms. The van der Waals surface area contributed by atoms with Gasteiger partial charge in [-0.1, -0.05) is 18.2 Å². The lowest BCUT2D eigenvalue weighted by atomic mass is 10.1. The Hall–Kier alpha value is -2.25. The lowest BCUT2D eigenvalue weighted by Gasteiger charge is -2.19. The molecule has 20 heavy (non-hydrogen) atoms. The maximum atomic E-state index is 12.0. The molecule has 0 spiro atoms. The van der Waals surface area contributed by atoms with E-state index in [0.29, 0.717) is 11.1 Å². The van der Waals surface area contributed by atoms with E-state index in [0.717, 1.165) is 4.90 Å². The fraction of sp³-hybridized carbons (Fsp3) is 0.333. The molecular weight excluding hydrogens is 273 g/mol. The lowest BCUT2D eigenvalue weighted by molar-refractivity contribution is -0.123. The van der Waals surface area contributed by atoms with E-state index in [2.05, 4.69) is 0 Å². The summed E-state index contributed by atoms with van der Waals surface area (Å²) >= 11 is 0. The largest absolute Gasteiger partial charge is 0.405 e. The van der Waals surface area contributed by atoms with Gasteiger partial charge < -0.3 is 16.0 Å². The highest BCUT2D eigenvalue weighted by molar-refractivity contribution is 5.95. The fourth-order valence-electron chi connectivity index (χ4n) is 1.49. The summed E-state index contributed by atoms with van der Waals surface area (Å²) < 4.78 is 35.9. The van der Waals surface area contributed by atoms with Gasteiger partial charge in [0.1, 0.15) is 12.4 Å². The van der Waals surface area contributed by atoms with Crippen LogP contribution in [-0.2, 0) is 6.54 Å². The zero-order valence-corrected chi connectivity index (χ0v) is 10.8. The third-order valence-electron chi connectivity index (χ3n) is 2.44. The maximum Gasteiger partial charge on any atom is 0.405 e. The fourth-order valence-corrected chi connectivity index (χ4v) is 1.49. The number of benzene rings is 1. The number of amides is 2. The summed E-state index contributed by atoms with van der Waals surface area (Å²) in [5.41, 5.74) is 6.50. The van der Waals surface area contributed by atoms with Crippen LogP contribution < -0.4 is 11.1 Å². The Morgan fingerprint density at radius 2 is 2.10 bits per heavy atom. The zero-order valence-electron chi connectivity index (χ0n) is 10.8. The number of urea groups is 1. The van der Waals surface area contributed by atoms with Crippen LogP contribution in [0, 0.1) is 5.41 Å². The van der Waals surface area contributed by atoms with E-state index in [9.17, 15) is 18.0 Å². The van der Waals surface area contributed by atoms with Crippen LogP contribution in [0.4, 0.5) is 18.0 Å². The summed E-state index contributed by atoms with van der Waals surface area (Å²) in [6.45, 7) is -1.26. The number of halogens is 3. The molecule has 5 nitrogen and oxygen atoms in total. The average molecular weight is 288 g/mol. The van der Waals surface area contributed by atoms with Crippen molar-refractivity contribution in [3.63, 3.8) is 0 Å². The molecule has 0 atom stereocenters. The number of nitrogens with one attached hydrogen (secondary N) is 2. The van der Waals surface area contributed by atoms with Crippen LogP contribution in [0.3, 0.4) is 0 Å². The highest BCUT2D eigenvalue weighted by Gasteiger charge is 2.28. The molecule has 0 aliphatic rings. The van der Waals surface area contributed by atoms with Crippen LogP contribution in [-0.4, -0.2) is 36.5 Å². The maximum absolute atomic E-state index is 12.0. The number of nitrogens with two attached hydrogens (primary N) is 1. The molecule has 0 fully saturated rings. The van der Waals surface area contributed by atoms with Crippen LogP contribution in [0.2, 0.25) is 0 Å². The van der Waals surface area contributed by atoms with E-state index < -0.39 is 18.8 Å². The van der Waals surface area contributed by atoms with E-state index in [1.165, 1.54) is 7.05 Å². The zero-order chi connectivity index (χ0) is 15.3. The molecule has 110 valence electrons. The highest BCUT2D eigenvalue weighted by atomic mass is 19.4. The molecule has 2 amide bonds. The monoisotopic (exact) mass is 288 g/mol. The van der Waals surface area contributed by atoms with Gasteiger partial charge >= 0.3 is 12.2 Å². The number of hydrogen-bond donors (Lipinski definition) is 3. The summed E-state index contributed by atoms with van der Waals surface area (Å²) in [6.07, 6.45) is -4.44. The molecule has 1 rings (SSSR count). The first-order valence-electron chi connectivity index (χ1n) is 5.68. The van der Waals surface area contributed by atoms with Crippen LogP contribution in [0.1, 0.15) is 11.1 Å². The second-order valence-corrected chi connectivity index (χ2v) is 4.24. The van der Waals surface area contributed by atoms with Crippen molar-refractivity contribution in [2.45, 2.75) is 12.7 Å². The van der Waals surface area contributed by atoms with Crippen molar-refractivity contribution in [1.29, 1.82) is 5.41 Å². The van der Waals surface area contributed by atoms with Gasteiger partial charge in [-0.15, -0.1) is 0 Å². The van der Waals surface area contributed by atoms with Gasteiger partial charge in [0, 0.05) is 19.2 Å². The van der Waals surface area contributed by atoms with Gasteiger partial charge in [-0.2, -0.15) is 13.2 Å². The minimum atomic E-state index is -4.44. The first-order chi connectivity index (χ1) is 9.19. The van der Waals surface area contributed by atoms with Gasteiger partial charge in [-0.25, -0.2) is 4.79 Å². The Labute approximate surface area is 114 Å². The van der Waals surface area contributed by atoms with E-state index in [1.54, 1.807) is 29.6 Å². The SMILES string of the molecule is CN(Cc1cccc(C(=N)N)c1)C(=O)NCC(F)(F)F. The Balaban J connectivity index is 2.61. The molecule has 0 saturated carbocycles. The summed E-state index contributed by atoms with van der Waals surface area (Å²) in [7, 11) is 1.38. The van der Waals surface area contributed by atoms with Gasteiger partial charge in [-0.05, 0) is 11.6 Å². The molecule has 1 aromatic rings. The minimum absolute atomic E-state index is 0.115. The van der Waals surface area contributed by atoms with Crippen LogP contribution in [0.25, 0.3) is 0 Å². The molecule has 0 heterocycles. The van der Waals surface area contributed by atoms with Crippen molar-refractivity contribution < 1.29 is 18.0 Å². The predicted octanol–water partition coefficient (Wildman–Crippen LogP) is 1.67. The standard InChI is InChI=1S/C12H15F3N4O/c1-19(11(20)18-7-12(13,14)15)6-8-3-2-4-9(5-8)10(16)17/h2-5H,6-7H2,1H3,(H3,16,17)(H,18,20). The van der Waals surface area contributed by atoms with Crippen molar-refractivity contribution in [3.05, 3.63) is 35.4 Å². The molecule has 0 saturated heterocycles. The number of carbonyl (C=O) groups excluding carboxylic acids is 1. The second-order valence-electron chi connectivity index (χ2n) is 4.24. The second kappa shape index (κ2) is 6.27. The molecule has 0 aliphatic heterocycles. The molecule has 0 unspecified atom stereocenters. The molecule has 0 aliphatic carbocycles. The van der Waals surface area contributed by atoms with Gasteiger partial charge in [0.15, 0.2) is 0 Å². The van der Waals surface area contributed by atoms with E-state index >= 15 is 0 Å². The molecule has 4 N–H and O–H groups in total. The van der Waals surface area contributed by atoms with Crippen LogP contribution in [0.5, 0.6) is 0 Å². The number of nitrogens with zero attached hydrogens (tertiary/aromatic N) is 1. The molecule has 0 aromatic heterocycles. The first-order valence-corrected chi connectivity index (χ1v) is 5.68. The highest BCUT2D eigenvalue weighted by Crippen LogP contribution is 2.12. The van der Waals surface area contributed by atoms with Gasteiger partial charge in [0.25, 0.3) is 0 Å². The first kappa shape index (κ1) is 15.8. The topological polar surface area (TPSA) is 82.2 Å². The van der Waals surface area contributed by atoms with Crippen molar-refractivity contribution in [2.75, 3.05) is 13.6 Å². The summed E-state index contributed by atoms with van der Waals surface area (Å²) in [4.78, 5) is 12.6. The van der Waals surface area contributed by atoms with Crippen LogP contribution in [0.15, 0.2) is 24.3 Å². The summed E-state index contributed by atoms with van der Waals surface area (Å²) in [5, 5.41) is 9.07. The van der Waals surface area contributed by atoms with Gasteiger partial charge in [-0.3, -0.25) is 5.41 Å². The van der Waals surface area contributed by atoms with Crippen LogP contribution >= 0.6 is 0 Å². The predicted molar refractivity (Wildman–Crippen MR) is 68.4 cm³/mol. The third-order valence-corrected chi connectivity index (χ3v) is 2.44. The third kappa shape index (κ3) is 5.17. The molecule has 0 radical (unpaired) electrons. The Kier molecular flexibility index (Phi) is 4.95. The normalized spacial score (nSPS) is 11.0.